The van der Waals surface area contributed by atoms with Gasteiger partial charge >= 0.3 is 5.97 Å². The van der Waals surface area contributed by atoms with Crippen LogP contribution in [-0.2, 0) is 25.7 Å². The summed E-state index contributed by atoms with van der Waals surface area (Å²) in [5.74, 6) is -1.12. The SMILES string of the molecule is O=C(COC(=O)[C@]12CCC(=O)N1c1ccccc1S2)NCc1ccccc1Cl. The molecule has 1 fully saturated rings. The maximum absolute atomic E-state index is 12.9. The lowest BCUT2D eigenvalue weighted by atomic mass is 10.2. The van der Waals surface area contributed by atoms with Gasteiger partial charge in [0.2, 0.25) is 5.91 Å². The number of nitrogens with zero attached hydrogens (tertiary/aromatic N) is 1. The minimum absolute atomic E-state index is 0.113. The number of ether oxygens (including phenoxy) is 1. The van der Waals surface area contributed by atoms with E-state index in [4.69, 9.17) is 16.3 Å². The Morgan fingerprint density at radius 1 is 1.18 bits per heavy atom. The molecule has 2 aliphatic rings. The first-order valence-electron chi connectivity index (χ1n) is 8.80. The summed E-state index contributed by atoms with van der Waals surface area (Å²) >= 11 is 7.37. The van der Waals surface area contributed by atoms with E-state index in [-0.39, 0.29) is 18.9 Å². The highest BCUT2D eigenvalue weighted by Crippen LogP contribution is 2.56. The summed E-state index contributed by atoms with van der Waals surface area (Å²) in [7, 11) is 0. The molecule has 2 amide bonds. The fourth-order valence-electron chi connectivity index (χ4n) is 3.40. The lowest BCUT2D eigenvalue weighted by Gasteiger charge is -2.28. The van der Waals surface area contributed by atoms with Crippen LogP contribution in [-0.4, -0.2) is 29.3 Å². The van der Waals surface area contributed by atoms with Gasteiger partial charge in [0.25, 0.3) is 5.91 Å². The van der Waals surface area contributed by atoms with E-state index in [2.05, 4.69) is 5.32 Å². The van der Waals surface area contributed by atoms with Gasteiger partial charge in [0, 0.05) is 29.3 Å². The van der Waals surface area contributed by atoms with Crippen molar-refractivity contribution in [2.24, 2.45) is 0 Å². The van der Waals surface area contributed by atoms with E-state index < -0.39 is 23.4 Å². The molecule has 1 atom stereocenters. The van der Waals surface area contributed by atoms with Gasteiger partial charge in [0.1, 0.15) is 0 Å². The molecule has 0 bridgehead atoms. The first-order valence-corrected chi connectivity index (χ1v) is 9.99. The first kappa shape index (κ1) is 18.8. The Kier molecular flexibility index (Phi) is 5.03. The van der Waals surface area contributed by atoms with Gasteiger partial charge in [-0.3, -0.25) is 14.5 Å². The van der Waals surface area contributed by atoms with Crippen molar-refractivity contribution in [3.63, 3.8) is 0 Å². The van der Waals surface area contributed by atoms with Crippen molar-refractivity contribution in [1.82, 2.24) is 5.32 Å². The fourth-order valence-corrected chi connectivity index (χ4v) is 5.02. The first-order chi connectivity index (χ1) is 13.5. The Hall–Kier alpha value is -2.51. The number of benzene rings is 2. The third kappa shape index (κ3) is 3.25. The standard InChI is InChI=1S/C20H17ClN2O4S/c21-14-6-2-1-5-13(14)11-22-17(24)12-27-19(26)20-10-9-18(25)23(20)15-7-3-4-8-16(15)28-20/h1-8H,9-12H2,(H,22,24)/t20-/m1/s1. The van der Waals surface area contributed by atoms with Gasteiger partial charge in [0.15, 0.2) is 11.5 Å². The number of carbonyl (C=O) groups excluding carboxylic acids is 3. The second-order valence-corrected chi connectivity index (χ2v) is 8.25. The molecule has 0 saturated carbocycles. The Labute approximate surface area is 171 Å². The molecule has 2 aromatic rings. The molecule has 0 unspecified atom stereocenters. The van der Waals surface area contributed by atoms with Crippen LogP contribution in [0.4, 0.5) is 5.69 Å². The molecule has 0 aliphatic carbocycles. The van der Waals surface area contributed by atoms with Gasteiger partial charge in [0.05, 0.1) is 5.69 Å². The van der Waals surface area contributed by atoms with Gasteiger partial charge in [-0.25, -0.2) is 4.79 Å². The van der Waals surface area contributed by atoms with Crippen molar-refractivity contribution in [3.8, 4) is 0 Å². The van der Waals surface area contributed by atoms with E-state index in [9.17, 15) is 14.4 Å². The van der Waals surface area contributed by atoms with Crippen LogP contribution in [0.3, 0.4) is 0 Å². The summed E-state index contributed by atoms with van der Waals surface area (Å²) in [6.07, 6.45) is 0.625. The highest BCUT2D eigenvalue weighted by Gasteiger charge is 2.58. The monoisotopic (exact) mass is 416 g/mol. The van der Waals surface area contributed by atoms with Crippen LogP contribution in [0, 0.1) is 0 Å². The van der Waals surface area contributed by atoms with Gasteiger partial charge < -0.3 is 10.1 Å². The molecule has 6 nitrogen and oxygen atoms in total. The highest BCUT2D eigenvalue weighted by atomic mass is 35.5. The number of esters is 1. The zero-order valence-corrected chi connectivity index (χ0v) is 16.4. The number of fused-ring (bicyclic) bond motifs is 3. The number of amides is 2. The number of carbonyl (C=O) groups is 3. The lowest BCUT2D eigenvalue weighted by molar-refractivity contribution is -0.151. The molecule has 1 N–H and O–H groups in total. The van der Waals surface area contributed by atoms with Gasteiger partial charge in [-0.15, -0.1) is 0 Å². The van der Waals surface area contributed by atoms with Crippen LogP contribution in [0.15, 0.2) is 53.4 Å². The maximum Gasteiger partial charge on any atom is 0.344 e. The molecule has 8 heteroatoms. The molecule has 4 rings (SSSR count). The van der Waals surface area contributed by atoms with E-state index >= 15 is 0 Å². The third-order valence-corrected chi connectivity index (χ3v) is 6.59. The number of nitrogens with one attached hydrogen (secondary N) is 1. The third-order valence-electron chi connectivity index (χ3n) is 4.76. The molecule has 0 radical (unpaired) electrons. The number of hydrogen-bond donors (Lipinski definition) is 1. The van der Waals surface area contributed by atoms with E-state index in [0.717, 1.165) is 16.1 Å². The summed E-state index contributed by atoms with van der Waals surface area (Å²) in [6, 6.07) is 14.6. The summed E-state index contributed by atoms with van der Waals surface area (Å²) in [6.45, 7) is -0.171. The minimum Gasteiger partial charge on any atom is -0.453 e. The van der Waals surface area contributed by atoms with E-state index in [0.29, 0.717) is 11.4 Å². The van der Waals surface area contributed by atoms with Crippen molar-refractivity contribution in [2.75, 3.05) is 11.5 Å². The van der Waals surface area contributed by atoms with Crippen LogP contribution in [0.1, 0.15) is 18.4 Å². The Bertz CT molecular complexity index is 967. The Morgan fingerprint density at radius 3 is 2.75 bits per heavy atom. The molecule has 2 aromatic carbocycles. The quantitative estimate of drug-likeness (QED) is 0.758. The van der Waals surface area contributed by atoms with Crippen molar-refractivity contribution in [1.29, 1.82) is 0 Å². The maximum atomic E-state index is 12.9. The average Bonchev–Trinajstić information content (AvgIpc) is 3.21. The zero-order chi connectivity index (χ0) is 19.7. The molecule has 0 aromatic heterocycles. The molecular weight excluding hydrogens is 400 g/mol. The largest absolute Gasteiger partial charge is 0.453 e. The predicted octanol–water partition coefficient (Wildman–Crippen LogP) is 3.13. The number of para-hydroxylation sites is 1. The van der Waals surface area contributed by atoms with Crippen molar-refractivity contribution >= 4 is 46.8 Å². The van der Waals surface area contributed by atoms with E-state index in [1.54, 1.807) is 12.1 Å². The molecule has 2 heterocycles. The normalized spacial score (nSPS) is 19.9. The predicted molar refractivity (Wildman–Crippen MR) is 106 cm³/mol. The van der Waals surface area contributed by atoms with Crippen molar-refractivity contribution < 1.29 is 19.1 Å². The smallest absolute Gasteiger partial charge is 0.344 e. The summed E-state index contributed by atoms with van der Waals surface area (Å²) in [5, 5.41) is 3.24. The number of hydrogen-bond acceptors (Lipinski definition) is 5. The summed E-state index contributed by atoms with van der Waals surface area (Å²) in [4.78, 5) is 38.6. The van der Waals surface area contributed by atoms with Crippen LogP contribution < -0.4 is 10.2 Å². The summed E-state index contributed by atoms with van der Waals surface area (Å²) < 4.78 is 5.29. The topological polar surface area (TPSA) is 75.7 Å². The molecule has 0 spiro atoms. The summed E-state index contributed by atoms with van der Waals surface area (Å²) in [5.41, 5.74) is 1.49. The van der Waals surface area contributed by atoms with E-state index in [1.807, 2.05) is 36.4 Å². The lowest BCUT2D eigenvalue weighted by Crippen LogP contribution is -2.48. The van der Waals surface area contributed by atoms with Gasteiger partial charge in [-0.05, 0) is 23.8 Å². The second-order valence-electron chi connectivity index (χ2n) is 6.53. The van der Waals surface area contributed by atoms with Crippen LogP contribution in [0.25, 0.3) is 0 Å². The molecular formula is C20H17ClN2O4S. The number of thioether (sulfide) groups is 1. The number of halogens is 1. The molecule has 1 saturated heterocycles. The second kappa shape index (κ2) is 7.48. The Balaban J connectivity index is 1.39. The van der Waals surface area contributed by atoms with E-state index in [1.165, 1.54) is 16.7 Å². The Morgan fingerprint density at radius 2 is 1.93 bits per heavy atom. The zero-order valence-electron chi connectivity index (χ0n) is 14.8. The van der Waals surface area contributed by atoms with Crippen LogP contribution in [0.5, 0.6) is 0 Å². The average molecular weight is 417 g/mol. The van der Waals surface area contributed by atoms with Crippen LogP contribution in [0.2, 0.25) is 5.02 Å². The van der Waals surface area contributed by atoms with Gasteiger partial charge in [-0.1, -0.05) is 53.7 Å². The number of anilines is 1. The van der Waals surface area contributed by atoms with Gasteiger partial charge in [-0.2, -0.15) is 0 Å². The number of rotatable bonds is 5. The molecule has 28 heavy (non-hydrogen) atoms. The highest BCUT2D eigenvalue weighted by molar-refractivity contribution is 8.02. The molecule has 2 aliphatic heterocycles. The minimum atomic E-state index is -1.12. The molecule has 144 valence electrons. The fraction of sp³-hybridized carbons (Fsp3) is 0.250. The van der Waals surface area contributed by atoms with Crippen molar-refractivity contribution in [2.45, 2.75) is 29.2 Å². The van der Waals surface area contributed by atoms with Crippen molar-refractivity contribution in [3.05, 3.63) is 59.1 Å². The van der Waals surface area contributed by atoms with Crippen LogP contribution >= 0.6 is 23.4 Å².